The Morgan fingerprint density at radius 1 is 1.03 bits per heavy atom. The second kappa shape index (κ2) is 10.5. The first-order valence-electron chi connectivity index (χ1n) is 9.20. The van der Waals surface area contributed by atoms with E-state index in [0.29, 0.717) is 0 Å². The molecule has 1 aliphatic heterocycles. The zero-order chi connectivity index (χ0) is 24.0. The minimum Gasteiger partial charge on any atom is -0.463 e. The quantitative estimate of drug-likeness (QED) is 0.237. The number of benzene rings is 1. The first-order valence-corrected chi connectivity index (χ1v) is 9.20. The summed E-state index contributed by atoms with van der Waals surface area (Å²) in [5.74, 6) is -2.42. The molecule has 0 unspecified atom stereocenters. The molecule has 0 bridgehead atoms. The summed E-state index contributed by atoms with van der Waals surface area (Å²) in [5.41, 5.74) is -1.21. The molecule has 0 aromatic heterocycles. The summed E-state index contributed by atoms with van der Waals surface area (Å²) >= 11 is 0. The minimum atomic E-state index is -1.27. The molecule has 32 heavy (non-hydrogen) atoms. The van der Waals surface area contributed by atoms with Crippen LogP contribution < -0.4 is 4.74 Å². The van der Waals surface area contributed by atoms with Gasteiger partial charge in [-0.15, -0.1) is 0 Å². The highest BCUT2D eigenvalue weighted by Crippen LogP contribution is 2.34. The van der Waals surface area contributed by atoms with Crippen molar-refractivity contribution in [3.8, 4) is 5.75 Å². The van der Waals surface area contributed by atoms with Gasteiger partial charge in [0.2, 0.25) is 12.0 Å². The highest BCUT2D eigenvalue weighted by Gasteiger charge is 2.45. The molecule has 1 aromatic rings. The lowest BCUT2D eigenvalue weighted by molar-refractivity contribution is -0.395. The molecule has 14 nitrogen and oxygen atoms in total. The monoisotopic (exact) mass is 456 g/mol. The van der Waals surface area contributed by atoms with E-state index in [-0.39, 0.29) is 12.2 Å². The fraction of sp³-hybridized carbons (Fsp3) is 0.500. The normalized spacial score (nSPS) is 22.3. The smallest absolute Gasteiger partial charge is 0.317 e. The van der Waals surface area contributed by atoms with Crippen molar-refractivity contribution < 1.29 is 47.9 Å². The van der Waals surface area contributed by atoms with Gasteiger partial charge in [-0.05, 0) is 6.07 Å². The van der Waals surface area contributed by atoms with Gasteiger partial charge in [0.15, 0.2) is 6.10 Å². The number of hydrogen-bond donors (Lipinski definition) is 0. The van der Waals surface area contributed by atoms with Crippen LogP contribution in [-0.2, 0) is 33.3 Å². The minimum absolute atomic E-state index is 0.206. The molecule has 4 atom stereocenters. The van der Waals surface area contributed by atoms with Crippen molar-refractivity contribution in [3.05, 3.63) is 38.4 Å². The van der Waals surface area contributed by atoms with Gasteiger partial charge in [-0.1, -0.05) is 0 Å². The van der Waals surface area contributed by atoms with Crippen molar-refractivity contribution in [1.82, 2.24) is 0 Å². The molecule has 0 N–H and O–H groups in total. The lowest BCUT2D eigenvalue weighted by Gasteiger charge is -2.39. The Morgan fingerprint density at radius 2 is 1.69 bits per heavy atom. The molecule has 174 valence electrons. The summed E-state index contributed by atoms with van der Waals surface area (Å²) < 4.78 is 26.5. The molecular formula is C18H20N2O12. The van der Waals surface area contributed by atoms with Gasteiger partial charge in [0, 0.05) is 26.8 Å². The lowest BCUT2D eigenvalue weighted by atomic mass is 10.0. The second-order valence-corrected chi connectivity index (χ2v) is 6.65. The molecule has 1 aliphatic rings. The van der Waals surface area contributed by atoms with Gasteiger partial charge in [0.1, 0.15) is 18.8 Å². The highest BCUT2D eigenvalue weighted by molar-refractivity contribution is 5.67. The third-order valence-corrected chi connectivity index (χ3v) is 4.16. The first-order chi connectivity index (χ1) is 15.0. The van der Waals surface area contributed by atoms with E-state index in [0.717, 1.165) is 39.0 Å². The Balaban J connectivity index is 2.34. The second-order valence-electron chi connectivity index (χ2n) is 6.65. The number of carbonyl (C=O) groups is 3. The molecule has 14 heteroatoms. The van der Waals surface area contributed by atoms with E-state index in [1.807, 2.05) is 0 Å². The van der Waals surface area contributed by atoms with Crippen molar-refractivity contribution in [3.63, 3.8) is 0 Å². The van der Waals surface area contributed by atoms with Crippen LogP contribution in [0.15, 0.2) is 18.2 Å². The van der Waals surface area contributed by atoms with Crippen molar-refractivity contribution in [2.24, 2.45) is 0 Å². The van der Waals surface area contributed by atoms with Gasteiger partial charge in [0.05, 0.1) is 22.3 Å². The third-order valence-electron chi connectivity index (χ3n) is 4.16. The van der Waals surface area contributed by atoms with Crippen LogP contribution in [0.4, 0.5) is 11.4 Å². The number of rotatable bonds is 8. The summed E-state index contributed by atoms with van der Waals surface area (Å²) in [7, 11) is 0. The first kappa shape index (κ1) is 24.5. The summed E-state index contributed by atoms with van der Waals surface area (Å²) in [6, 6.07) is 2.76. The van der Waals surface area contributed by atoms with Crippen LogP contribution in [0, 0.1) is 20.2 Å². The van der Waals surface area contributed by atoms with E-state index in [9.17, 15) is 34.6 Å². The lowest BCUT2D eigenvalue weighted by Crippen LogP contribution is -2.54. The maximum absolute atomic E-state index is 11.5. The van der Waals surface area contributed by atoms with Crippen LogP contribution in [0.3, 0.4) is 0 Å². The summed E-state index contributed by atoms with van der Waals surface area (Å²) in [4.78, 5) is 54.9. The van der Waals surface area contributed by atoms with Crippen LogP contribution in [0.5, 0.6) is 5.75 Å². The van der Waals surface area contributed by atoms with Crippen LogP contribution in [0.25, 0.3) is 0 Å². The molecule has 1 fully saturated rings. The zero-order valence-corrected chi connectivity index (χ0v) is 17.2. The van der Waals surface area contributed by atoms with Crippen molar-refractivity contribution in [2.45, 2.75) is 51.8 Å². The fourth-order valence-corrected chi connectivity index (χ4v) is 2.98. The Bertz CT molecular complexity index is 917. The van der Waals surface area contributed by atoms with E-state index in [4.69, 9.17) is 23.7 Å². The van der Waals surface area contributed by atoms with Crippen molar-refractivity contribution in [1.29, 1.82) is 0 Å². The summed E-state index contributed by atoms with van der Waals surface area (Å²) in [6.45, 7) is 2.99. The average molecular weight is 456 g/mol. The van der Waals surface area contributed by atoms with Crippen LogP contribution in [-0.4, -0.2) is 59.0 Å². The van der Waals surface area contributed by atoms with Crippen LogP contribution >= 0.6 is 0 Å². The molecule has 1 saturated heterocycles. The van der Waals surface area contributed by atoms with E-state index >= 15 is 0 Å². The van der Waals surface area contributed by atoms with Crippen LogP contribution in [0.2, 0.25) is 0 Å². The number of nitro groups is 2. The number of esters is 3. The Morgan fingerprint density at radius 3 is 2.22 bits per heavy atom. The van der Waals surface area contributed by atoms with E-state index in [1.165, 1.54) is 0 Å². The van der Waals surface area contributed by atoms with Crippen molar-refractivity contribution in [2.75, 3.05) is 6.61 Å². The van der Waals surface area contributed by atoms with Crippen LogP contribution in [0.1, 0.15) is 27.2 Å². The summed E-state index contributed by atoms with van der Waals surface area (Å²) in [6.07, 6.45) is -4.85. The van der Waals surface area contributed by atoms with Gasteiger partial charge < -0.3 is 23.7 Å². The molecular weight excluding hydrogens is 436 g/mol. The number of hydrogen-bond acceptors (Lipinski definition) is 12. The van der Waals surface area contributed by atoms with Gasteiger partial charge in [-0.2, -0.15) is 0 Å². The van der Waals surface area contributed by atoms with Gasteiger partial charge in [-0.3, -0.25) is 34.6 Å². The standard InChI is InChI=1S/C18H20N2O12/c1-9(21)28-8-16-18(30-11(3)23)15(29-10(2)22)7-17(32-16)31-14-5-4-12(19(24)25)6-13(14)20(26)27/h4-6,15-18H,7-8H2,1-3H3/t15-,16-,17+,18-/m0/s1. The number of ether oxygens (including phenoxy) is 5. The number of nitro benzene ring substituents is 2. The maximum atomic E-state index is 11.5. The molecule has 0 radical (unpaired) electrons. The Kier molecular flexibility index (Phi) is 8.01. The topological polar surface area (TPSA) is 184 Å². The molecule has 1 heterocycles. The fourth-order valence-electron chi connectivity index (χ4n) is 2.98. The van der Waals surface area contributed by atoms with Gasteiger partial charge in [-0.25, -0.2) is 0 Å². The van der Waals surface area contributed by atoms with Crippen molar-refractivity contribution >= 4 is 29.3 Å². The van der Waals surface area contributed by atoms with E-state index in [2.05, 4.69) is 0 Å². The Labute approximate surface area is 180 Å². The van der Waals surface area contributed by atoms with E-state index in [1.54, 1.807) is 0 Å². The SMILES string of the molecule is CC(=O)OC[C@@H]1O[C@@H](Oc2ccc([N+](=O)[O-])cc2[N+](=O)[O-])C[C@H](OC(C)=O)[C@@H]1OC(C)=O. The molecule has 0 amide bonds. The van der Waals surface area contributed by atoms with E-state index < -0.39 is 70.3 Å². The zero-order valence-electron chi connectivity index (χ0n) is 17.2. The predicted octanol–water partition coefficient (Wildman–Crippen LogP) is 1.42. The highest BCUT2D eigenvalue weighted by atomic mass is 16.7. The predicted molar refractivity (Wildman–Crippen MR) is 101 cm³/mol. The number of nitrogens with zero attached hydrogens (tertiary/aromatic N) is 2. The molecule has 0 spiro atoms. The maximum Gasteiger partial charge on any atom is 0.317 e. The number of carbonyl (C=O) groups excluding carboxylic acids is 3. The van der Waals surface area contributed by atoms with Gasteiger partial charge >= 0.3 is 23.6 Å². The Hall–Kier alpha value is -3.81. The van der Waals surface area contributed by atoms with Gasteiger partial charge in [0.25, 0.3) is 5.69 Å². The molecule has 0 aliphatic carbocycles. The molecule has 2 rings (SSSR count). The average Bonchev–Trinajstić information content (AvgIpc) is 2.67. The third kappa shape index (κ3) is 6.60. The molecule has 1 aromatic carbocycles. The summed E-state index contributed by atoms with van der Waals surface area (Å²) in [5, 5.41) is 22.2. The molecule has 0 saturated carbocycles. The number of non-ortho nitro benzene ring substituents is 1. The largest absolute Gasteiger partial charge is 0.463 e.